The molecular formula is C72H48N6. The number of hydrogen-bond acceptors (Lipinski definition) is 3. The second-order valence-corrected chi connectivity index (χ2v) is 20.0. The number of aryl methyl sites for hydroxylation is 2. The Bertz CT molecular complexity index is 4650. The van der Waals surface area contributed by atoms with Crippen molar-refractivity contribution in [3.05, 3.63) is 277 Å². The van der Waals surface area contributed by atoms with E-state index in [1.807, 2.05) is 60.7 Å². The van der Waals surface area contributed by atoms with Gasteiger partial charge in [0.25, 0.3) is 0 Å². The van der Waals surface area contributed by atoms with Crippen LogP contribution in [0.15, 0.2) is 255 Å². The molecule has 14 rings (SSSR count). The lowest BCUT2D eigenvalue weighted by Crippen LogP contribution is -2.04. The molecule has 0 aliphatic heterocycles. The molecular weight excluding hydrogens is 949 g/mol. The summed E-state index contributed by atoms with van der Waals surface area (Å²) in [4.78, 5) is 20.0. The van der Waals surface area contributed by atoms with E-state index in [2.05, 4.69) is 222 Å². The summed E-state index contributed by atoms with van der Waals surface area (Å²) in [5.41, 5.74) is 20.3. The molecule has 0 spiro atoms. The monoisotopic (exact) mass is 996 g/mol. The highest BCUT2D eigenvalue weighted by Crippen LogP contribution is 2.44. The van der Waals surface area contributed by atoms with Crippen molar-refractivity contribution in [2.24, 2.45) is 0 Å². The van der Waals surface area contributed by atoms with Gasteiger partial charge in [-0.1, -0.05) is 205 Å². The number of benzene rings is 11. The highest BCUT2D eigenvalue weighted by atomic mass is 15.1. The number of fused-ring (bicyclic) bond motifs is 6. The maximum atomic E-state index is 8.23. The van der Waals surface area contributed by atoms with Gasteiger partial charge >= 0.3 is 0 Å². The minimum absolute atomic E-state index is 0.540. The summed E-state index contributed by atoms with van der Waals surface area (Å²) in [6, 6.07) is 90.0. The molecule has 3 aromatic heterocycles. The van der Waals surface area contributed by atoms with Crippen LogP contribution in [0.5, 0.6) is 0 Å². The van der Waals surface area contributed by atoms with Gasteiger partial charge in [0.1, 0.15) is 0 Å². The summed E-state index contributed by atoms with van der Waals surface area (Å²) in [6.45, 7) is 12.5. The Morgan fingerprint density at radius 1 is 0.295 bits per heavy atom. The van der Waals surface area contributed by atoms with E-state index in [1.165, 1.54) is 27.8 Å². The molecule has 11 aromatic carbocycles. The lowest BCUT2D eigenvalue weighted by Gasteiger charge is -2.19. The van der Waals surface area contributed by atoms with Gasteiger partial charge < -0.3 is 9.13 Å². The Balaban J connectivity index is 1.07. The first-order valence-electron chi connectivity index (χ1n) is 26.3. The van der Waals surface area contributed by atoms with E-state index in [9.17, 15) is 0 Å². The van der Waals surface area contributed by atoms with Crippen molar-refractivity contribution >= 4 is 49.3 Å². The summed E-state index contributed by atoms with van der Waals surface area (Å²) in [5.74, 6) is 1.70. The quantitative estimate of drug-likeness (QED) is 0.135. The molecule has 0 amide bonds. The predicted molar refractivity (Wildman–Crippen MR) is 322 cm³/mol. The summed E-state index contributed by atoms with van der Waals surface area (Å²) in [7, 11) is 0. The zero-order valence-electron chi connectivity index (χ0n) is 42.9. The maximum Gasteiger partial charge on any atom is 0.194 e. The summed E-state index contributed by atoms with van der Waals surface area (Å²) < 4.78 is 4.78. The number of hydrogen-bond donors (Lipinski definition) is 0. The maximum absolute atomic E-state index is 8.23. The van der Waals surface area contributed by atoms with E-state index in [1.54, 1.807) is 0 Å². The molecule has 0 aliphatic rings. The predicted octanol–water partition coefficient (Wildman–Crippen LogP) is 18.9. The van der Waals surface area contributed by atoms with Crippen LogP contribution in [0.3, 0.4) is 0 Å². The first kappa shape index (κ1) is 46.1. The largest absolute Gasteiger partial charge is 0.309 e. The fourth-order valence-corrected chi connectivity index (χ4v) is 11.4. The molecule has 0 N–H and O–H groups in total. The lowest BCUT2D eigenvalue weighted by molar-refractivity contribution is 1.06. The van der Waals surface area contributed by atoms with Crippen LogP contribution in [-0.4, -0.2) is 24.1 Å². The van der Waals surface area contributed by atoms with Gasteiger partial charge in [0.15, 0.2) is 23.2 Å². The Morgan fingerprint density at radius 3 is 1.24 bits per heavy atom. The van der Waals surface area contributed by atoms with Gasteiger partial charge in [0.2, 0.25) is 0 Å². The standard InChI is InChI=1S/C72H48N6/c1-46-18-16-24-50(40-46)52-32-36-67-60(42-52)57-27-11-14-30-64(57)77(67)66-38-34-54(56-26-10-13-29-63(56)73-3)44-59(66)55-35-39-69(62(45-55)72-75-70(48-20-6-4-7-21-48)74-71(76-72)49-22-8-5-9-23-49)78-65-31-15-12-28-58(65)61-43-53(33-37-68(61)78)51-25-17-19-47(2)41-51/h4-45H,1-2H3. The van der Waals surface area contributed by atoms with Crippen molar-refractivity contribution in [1.29, 1.82) is 0 Å². The number of aromatic nitrogens is 5. The van der Waals surface area contributed by atoms with Crippen LogP contribution in [0.25, 0.3) is 139 Å². The average Bonchev–Trinajstić information content (AvgIpc) is 4.23. The van der Waals surface area contributed by atoms with Crippen LogP contribution in [0.4, 0.5) is 5.69 Å². The van der Waals surface area contributed by atoms with Gasteiger partial charge in [-0.25, -0.2) is 19.8 Å². The first-order chi connectivity index (χ1) is 38.4. The van der Waals surface area contributed by atoms with Gasteiger partial charge in [-0.05, 0) is 113 Å². The van der Waals surface area contributed by atoms with Crippen LogP contribution in [0.1, 0.15) is 11.1 Å². The number of para-hydroxylation sites is 3. The van der Waals surface area contributed by atoms with Crippen LogP contribution < -0.4 is 0 Å². The Kier molecular flexibility index (Phi) is 11.2. The van der Waals surface area contributed by atoms with Gasteiger partial charge in [0, 0.05) is 43.8 Å². The Hall–Kier alpha value is -10.5. The zero-order valence-corrected chi connectivity index (χ0v) is 42.9. The van der Waals surface area contributed by atoms with Crippen molar-refractivity contribution < 1.29 is 0 Å². The summed E-state index contributed by atoms with van der Waals surface area (Å²) >= 11 is 0. The fourth-order valence-electron chi connectivity index (χ4n) is 11.4. The second-order valence-electron chi connectivity index (χ2n) is 20.0. The SMILES string of the molecule is [C-]#[N+]c1ccccc1-c1ccc(-n2c3ccccc3c3cc(-c4cccc(C)c4)ccc32)c(-c2ccc(-n3c4ccccc4c4cc(-c5cccc(C)c5)ccc43)c(-c3nc(-c4ccccc4)nc(-c4ccccc4)n3)c2)c1. The molecule has 0 saturated heterocycles. The summed E-state index contributed by atoms with van der Waals surface area (Å²) in [6.07, 6.45) is 0. The van der Waals surface area contributed by atoms with Crippen LogP contribution in [0.2, 0.25) is 0 Å². The molecule has 0 aliphatic carbocycles. The third-order valence-electron chi connectivity index (χ3n) is 15.1. The number of nitrogens with zero attached hydrogens (tertiary/aromatic N) is 6. The van der Waals surface area contributed by atoms with E-state index in [4.69, 9.17) is 21.5 Å². The smallest absolute Gasteiger partial charge is 0.194 e. The van der Waals surface area contributed by atoms with Crippen LogP contribution in [0, 0.1) is 20.4 Å². The third-order valence-corrected chi connectivity index (χ3v) is 15.1. The molecule has 0 bridgehead atoms. The molecule has 0 unspecified atom stereocenters. The molecule has 6 nitrogen and oxygen atoms in total. The Morgan fingerprint density at radius 2 is 0.705 bits per heavy atom. The van der Waals surface area contributed by atoms with E-state index in [0.29, 0.717) is 23.2 Å². The van der Waals surface area contributed by atoms with E-state index < -0.39 is 0 Å². The summed E-state index contributed by atoms with van der Waals surface area (Å²) in [5, 5.41) is 4.62. The zero-order chi connectivity index (χ0) is 52.3. The first-order valence-corrected chi connectivity index (χ1v) is 26.3. The van der Waals surface area contributed by atoms with E-state index >= 15 is 0 Å². The minimum atomic E-state index is 0.540. The van der Waals surface area contributed by atoms with Crippen molar-refractivity contribution in [3.63, 3.8) is 0 Å². The topological polar surface area (TPSA) is 52.9 Å². The molecule has 6 heteroatoms. The number of rotatable bonds is 9. The van der Waals surface area contributed by atoms with E-state index in [-0.39, 0.29) is 0 Å². The van der Waals surface area contributed by atoms with Gasteiger partial charge in [-0.2, -0.15) is 0 Å². The highest BCUT2D eigenvalue weighted by molar-refractivity contribution is 6.12. The van der Waals surface area contributed by atoms with Crippen molar-refractivity contribution in [2.45, 2.75) is 13.8 Å². The van der Waals surface area contributed by atoms with Crippen molar-refractivity contribution in [2.75, 3.05) is 0 Å². The molecule has 0 saturated carbocycles. The highest BCUT2D eigenvalue weighted by Gasteiger charge is 2.24. The molecule has 14 aromatic rings. The molecule has 366 valence electrons. The molecule has 78 heavy (non-hydrogen) atoms. The van der Waals surface area contributed by atoms with Crippen molar-refractivity contribution in [3.8, 4) is 90.0 Å². The van der Waals surface area contributed by atoms with Crippen molar-refractivity contribution in [1.82, 2.24) is 24.1 Å². The van der Waals surface area contributed by atoms with Gasteiger partial charge in [-0.3, -0.25) is 0 Å². The van der Waals surface area contributed by atoms with Crippen LogP contribution in [-0.2, 0) is 0 Å². The lowest BCUT2D eigenvalue weighted by atomic mass is 9.94. The molecule has 0 atom stereocenters. The molecule has 0 fully saturated rings. The van der Waals surface area contributed by atoms with E-state index in [0.717, 1.165) is 99.5 Å². The normalized spacial score (nSPS) is 11.4. The average molecular weight is 997 g/mol. The van der Waals surface area contributed by atoms with Gasteiger partial charge in [0.05, 0.1) is 40.0 Å². The minimum Gasteiger partial charge on any atom is -0.309 e. The third kappa shape index (κ3) is 8.01. The Labute approximate surface area is 452 Å². The van der Waals surface area contributed by atoms with Gasteiger partial charge in [-0.15, -0.1) is 0 Å². The molecule has 3 heterocycles. The van der Waals surface area contributed by atoms with Crippen LogP contribution >= 0.6 is 0 Å². The molecule has 0 radical (unpaired) electrons. The fraction of sp³-hybridized carbons (Fsp3) is 0.0278. The second kappa shape index (κ2) is 19.0.